The molecule has 4 aromatic rings. The van der Waals surface area contributed by atoms with Crippen molar-refractivity contribution in [1.29, 1.82) is 0 Å². The summed E-state index contributed by atoms with van der Waals surface area (Å²) in [5, 5.41) is 3.48. The Morgan fingerprint density at radius 3 is 2.24 bits per heavy atom. The van der Waals surface area contributed by atoms with E-state index in [1.807, 2.05) is 24.3 Å². The molecule has 1 aromatic heterocycles. The molecule has 1 amide bonds. The molecule has 0 aliphatic heterocycles. The number of pyridine rings is 1. The number of para-hydroxylation sites is 1. The number of nitrogens with zero attached hydrogens (tertiary/aromatic N) is 1. The fourth-order valence-electron chi connectivity index (χ4n) is 3.52. The predicted molar refractivity (Wildman–Crippen MR) is 126 cm³/mol. The number of halogens is 3. The number of amides is 1. The summed E-state index contributed by atoms with van der Waals surface area (Å²) in [7, 11) is 0. The zero-order chi connectivity index (χ0) is 24.5. The summed E-state index contributed by atoms with van der Waals surface area (Å²) in [4.78, 5) is 17.4. The fourth-order valence-corrected chi connectivity index (χ4v) is 3.52. The van der Waals surface area contributed by atoms with Crippen LogP contribution in [0.1, 0.15) is 42.3 Å². The quantitative estimate of drug-likeness (QED) is 0.338. The molecule has 0 saturated heterocycles. The highest BCUT2D eigenvalue weighted by molar-refractivity contribution is 6.09. The monoisotopic (exact) mass is 464 g/mol. The Bertz CT molecular complexity index is 1340. The Hall–Kier alpha value is -3.87. The number of rotatable bonds is 4. The lowest BCUT2D eigenvalue weighted by molar-refractivity contribution is -0.137. The van der Waals surface area contributed by atoms with Gasteiger partial charge in [0.05, 0.1) is 22.3 Å². The molecule has 0 radical (unpaired) electrons. The standard InChI is InChI=1S/C27H23F3N2O2/c1-26(2,3)18-9-12-20(13-10-18)34-23-14-11-19(27(28,29)30)16-21(23)25(33)32-22-8-4-6-17-7-5-15-31-24(17)22/h4-16H,1-3H3,(H,32,33). The lowest BCUT2D eigenvalue weighted by Crippen LogP contribution is -2.15. The first-order valence-electron chi connectivity index (χ1n) is 10.7. The molecule has 34 heavy (non-hydrogen) atoms. The van der Waals surface area contributed by atoms with Gasteiger partial charge in [0, 0.05) is 11.6 Å². The normalized spacial score (nSPS) is 11.9. The average molecular weight is 464 g/mol. The van der Waals surface area contributed by atoms with E-state index in [2.05, 4.69) is 31.1 Å². The second kappa shape index (κ2) is 8.82. The van der Waals surface area contributed by atoms with Gasteiger partial charge in [0.2, 0.25) is 0 Å². The molecule has 0 saturated carbocycles. The number of ether oxygens (including phenoxy) is 1. The van der Waals surface area contributed by atoms with Gasteiger partial charge in [-0.05, 0) is 53.4 Å². The number of carbonyl (C=O) groups excluding carboxylic acids is 1. The van der Waals surface area contributed by atoms with Crippen LogP contribution in [0.4, 0.5) is 18.9 Å². The molecular formula is C27H23F3N2O2. The Morgan fingerprint density at radius 2 is 1.56 bits per heavy atom. The van der Waals surface area contributed by atoms with Gasteiger partial charge in [0.15, 0.2) is 0 Å². The van der Waals surface area contributed by atoms with E-state index in [1.165, 1.54) is 0 Å². The van der Waals surface area contributed by atoms with E-state index in [4.69, 9.17) is 4.74 Å². The molecule has 0 spiro atoms. The lowest BCUT2D eigenvalue weighted by atomic mass is 9.87. The van der Waals surface area contributed by atoms with Crippen molar-refractivity contribution in [2.45, 2.75) is 32.4 Å². The highest BCUT2D eigenvalue weighted by Crippen LogP contribution is 2.35. The highest BCUT2D eigenvalue weighted by atomic mass is 19.4. The number of benzene rings is 3. The van der Waals surface area contributed by atoms with Gasteiger partial charge in [0.25, 0.3) is 5.91 Å². The van der Waals surface area contributed by atoms with Gasteiger partial charge in [-0.25, -0.2) is 0 Å². The molecule has 7 heteroatoms. The maximum absolute atomic E-state index is 13.4. The van der Waals surface area contributed by atoms with Crippen LogP contribution in [0.5, 0.6) is 11.5 Å². The van der Waals surface area contributed by atoms with Gasteiger partial charge in [-0.2, -0.15) is 13.2 Å². The van der Waals surface area contributed by atoms with Crippen LogP contribution in [-0.4, -0.2) is 10.9 Å². The van der Waals surface area contributed by atoms with Gasteiger partial charge < -0.3 is 10.1 Å². The summed E-state index contributed by atoms with van der Waals surface area (Å²) >= 11 is 0. The number of carbonyl (C=O) groups is 1. The third kappa shape index (κ3) is 5.03. The van der Waals surface area contributed by atoms with Crippen LogP contribution in [0, 0.1) is 0 Å². The predicted octanol–water partition coefficient (Wildman–Crippen LogP) is 7.60. The summed E-state index contributed by atoms with van der Waals surface area (Å²) in [5.74, 6) is -0.304. The largest absolute Gasteiger partial charge is 0.457 e. The molecule has 174 valence electrons. The summed E-state index contributed by atoms with van der Waals surface area (Å²) in [6.45, 7) is 6.22. The Balaban J connectivity index is 1.70. The molecule has 0 aliphatic carbocycles. The van der Waals surface area contributed by atoms with Crippen LogP contribution in [0.25, 0.3) is 10.9 Å². The molecule has 4 rings (SSSR count). The third-order valence-corrected chi connectivity index (χ3v) is 5.38. The number of hydrogen-bond acceptors (Lipinski definition) is 3. The van der Waals surface area contributed by atoms with Crippen molar-refractivity contribution in [3.63, 3.8) is 0 Å². The van der Waals surface area contributed by atoms with Crippen LogP contribution in [0.2, 0.25) is 0 Å². The fraction of sp³-hybridized carbons (Fsp3) is 0.185. The number of nitrogens with one attached hydrogen (secondary N) is 1. The van der Waals surface area contributed by atoms with E-state index >= 15 is 0 Å². The average Bonchev–Trinajstić information content (AvgIpc) is 2.78. The van der Waals surface area contributed by atoms with E-state index < -0.39 is 17.6 Å². The van der Waals surface area contributed by atoms with Crippen molar-refractivity contribution < 1.29 is 22.7 Å². The number of anilines is 1. The summed E-state index contributed by atoms with van der Waals surface area (Å²) in [6.07, 6.45) is -3.03. The van der Waals surface area contributed by atoms with Crippen LogP contribution in [0.3, 0.4) is 0 Å². The van der Waals surface area contributed by atoms with E-state index in [9.17, 15) is 18.0 Å². The molecule has 1 N–H and O–H groups in total. The molecule has 0 atom stereocenters. The van der Waals surface area contributed by atoms with Gasteiger partial charge >= 0.3 is 6.18 Å². The summed E-state index contributed by atoms with van der Waals surface area (Å²) in [6, 6.07) is 18.9. The van der Waals surface area contributed by atoms with E-state index in [-0.39, 0.29) is 16.7 Å². The molecule has 3 aromatic carbocycles. The molecule has 0 aliphatic rings. The third-order valence-electron chi connectivity index (χ3n) is 5.38. The Morgan fingerprint density at radius 1 is 0.882 bits per heavy atom. The minimum Gasteiger partial charge on any atom is -0.457 e. The van der Waals surface area contributed by atoms with Crippen LogP contribution in [-0.2, 0) is 11.6 Å². The Labute approximate surface area is 195 Å². The van der Waals surface area contributed by atoms with Crippen molar-refractivity contribution >= 4 is 22.5 Å². The summed E-state index contributed by atoms with van der Waals surface area (Å²) < 4.78 is 46.0. The summed E-state index contributed by atoms with van der Waals surface area (Å²) in [5.41, 5.74) is 0.761. The first kappa shape index (κ1) is 23.3. The molecular weight excluding hydrogens is 441 g/mol. The molecule has 0 fully saturated rings. The topological polar surface area (TPSA) is 51.2 Å². The minimum absolute atomic E-state index is 0.0159. The number of fused-ring (bicyclic) bond motifs is 1. The van der Waals surface area contributed by atoms with Gasteiger partial charge in [-0.15, -0.1) is 0 Å². The number of hydrogen-bond donors (Lipinski definition) is 1. The lowest BCUT2D eigenvalue weighted by Gasteiger charge is -2.19. The second-order valence-electron chi connectivity index (χ2n) is 8.92. The molecule has 0 unspecified atom stereocenters. The maximum atomic E-state index is 13.4. The van der Waals surface area contributed by atoms with Crippen molar-refractivity contribution in [1.82, 2.24) is 4.98 Å². The molecule has 1 heterocycles. The van der Waals surface area contributed by atoms with Gasteiger partial charge in [-0.1, -0.05) is 51.1 Å². The number of aromatic nitrogens is 1. The zero-order valence-corrected chi connectivity index (χ0v) is 18.9. The van der Waals surface area contributed by atoms with Crippen LogP contribution < -0.4 is 10.1 Å². The van der Waals surface area contributed by atoms with Crippen molar-refractivity contribution in [2.75, 3.05) is 5.32 Å². The number of alkyl halides is 3. The van der Waals surface area contributed by atoms with Crippen LogP contribution in [0.15, 0.2) is 79.0 Å². The highest BCUT2D eigenvalue weighted by Gasteiger charge is 2.32. The SMILES string of the molecule is CC(C)(C)c1ccc(Oc2ccc(C(F)(F)F)cc2C(=O)Nc2cccc3cccnc23)cc1. The minimum atomic E-state index is -4.61. The first-order chi connectivity index (χ1) is 16.0. The smallest absolute Gasteiger partial charge is 0.416 e. The van der Waals surface area contributed by atoms with Crippen molar-refractivity contribution in [2.24, 2.45) is 0 Å². The molecule has 0 bridgehead atoms. The molecule has 4 nitrogen and oxygen atoms in total. The van der Waals surface area contributed by atoms with Crippen LogP contribution >= 0.6 is 0 Å². The van der Waals surface area contributed by atoms with Crippen molar-refractivity contribution in [3.05, 3.63) is 95.7 Å². The van der Waals surface area contributed by atoms with Gasteiger partial charge in [0.1, 0.15) is 11.5 Å². The maximum Gasteiger partial charge on any atom is 0.416 e. The van der Waals surface area contributed by atoms with E-state index in [0.717, 1.165) is 29.1 Å². The zero-order valence-electron chi connectivity index (χ0n) is 18.9. The van der Waals surface area contributed by atoms with Gasteiger partial charge in [-0.3, -0.25) is 9.78 Å². The van der Waals surface area contributed by atoms with Crippen molar-refractivity contribution in [3.8, 4) is 11.5 Å². The first-order valence-corrected chi connectivity index (χ1v) is 10.7. The second-order valence-corrected chi connectivity index (χ2v) is 8.92. The van der Waals surface area contributed by atoms with E-state index in [1.54, 1.807) is 36.5 Å². The van der Waals surface area contributed by atoms with E-state index in [0.29, 0.717) is 17.0 Å². The Kier molecular flexibility index (Phi) is 6.04.